The van der Waals surface area contributed by atoms with Crippen LogP contribution in [0.2, 0.25) is 0 Å². The fourth-order valence-electron chi connectivity index (χ4n) is 2.16. The summed E-state index contributed by atoms with van der Waals surface area (Å²) in [6.45, 7) is 4.77. The molecule has 0 radical (unpaired) electrons. The molecule has 2 rings (SSSR count). The third-order valence-electron chi connectivity index (χ3n) is 3.54. The average Bonchev–Trinajstić information content (AvgIpc) is 2.56. The molecule has 132 valence electrons. The lowest BCUT2D eigenvalue weighted by atomic mass is 10.1. The normalized spacial score (nSPS) is 10.6. The number of halogens is 1. The minimum absolute atomic E-state index is 0.317. The summed E-state index contributed by atoms with van der Waals surface area (Å²) in [5.41, 5.74) is 6.52. The molecule has 0 spiro atoms. The summed E-state index contributed by atoms with van der Waals surface area (Å²) in [5, 5.41) is 2.77. The SMILES string of the molecule is CC(C)CCOc1ccc(Br)cc1C(=O)Nc1cccc(C(N)=O)c1. The van der Waals surface area contributed by atoms with Crippen molar-refractivity contribution in [1.82, 2.24) is 0 Å². The van der Waals surface area contributed by atoms with Gasteiger partial charge in [-0.15, -0.1) is 0 Å². The predicted octanol–water partition coefficient (Wildman–Crippen LogP) is 4.23. The number of ether oxygens (including phenoxy) is 1. The summed E-state index contributed by atoms with van der Waals surface area (Å²) < 4.78 is 6.55. The molecule has 0 aromatic heterocycles. The van der Waals surface area contributed by atoms with Crippen LogP contribution < -0.4 is 15.8 Å². The number of primary amides is 1. The molecule has 0 fully saturated rings. The minimum atomic E-state index is -0.545. The Morgan fingerprint density at radius 3 is 2.64 bits per heavy atom. The zero-order chi connectivity index (χ0) is 18.4. The third-order valence-corrected chi connectivity index (χ3v) is 4.04. The van der Waals surface area contributed by atoms with Gasteiger partial charge in [-0.2, -0.15) is 0 Å². The van der Waals surface area contributed by atoms with Crippen molar-refractivity contribution in [3.05, 3.63) is 58.1 Å². The highest BCUT2D eigenvalue weighted by Crippen LogP contribution is 2.25. The van der Waals surface area contributed by atoms with Crippen molar-refractivity contribution in [3.63, 3.8) is 0 Å². The fraction of sp³-hybridized carbons (Fsp3) is 0.263. The maximum atomic E-state index is 12.6. The van der Waals surface area contributed by atoms with Gasteiger partial charge in [0.1, 0.15) is 5.75 Å². The number of hydrogen-bond donors (Lipinski definition) is 2. The number of anilines is 1. The lowest BCUT2D eigenvalue weighted by Crippen LogP contribution is -2.16. The van der Waals surface area contributed by atoms with Crippen molar-refractivity contribution < 1.29 is 14.3 Å². The average molecular weight is 405 g/mol. The van der Waals surface area contributed by atoms with E-state index in [1.807, 2.05) is 6.07 Å². The molecule has 0 saturated carbocycles. The molecule has 0 aliphatic heterocycles. The summed E-state index contributed by atoms with van der Waals surface area (Å²) in [5.74, 6) is 0.176. The van der Waals surface area contributed by atoms with Crippen LogP contribution in [0.5, 0.6) is 5.75 Å². The van der Waals surface area contributed by atoms with Gasteiger partial charge in [0.25, 0.3) is 5.91 Å². The second-order valence-corrected chi connectivity index (χ2v) is 6.99. The second kappa shape index (κ2) is 8.67. The van der Waals surface area contributed by atoms with E-state index >= 15 is 0 Å². The van der Waals surface area contributed by atoms with Gasteiger partial charge in [-0.25, -0.2) is 0 Å². The fourth-order valence-corrected chi connectivity index (χ4v) is 2.52. The molecule has 2 amide bonds. The number of rotatable bonds is 7. The van der Waals surface area contributed by atoms with Gasteiger partial charge in [-0.05, 0) is 48.7 Å². The molecule has 6 heteroatoms. The maximum absolute atomic E-state index is 12.6. The number of nitrogens with two attached hydrogens (primary N) is 1. The van der Waals surface area contributed by atoms with E-state index in [0.29, 0.717) is 35.1 Å². The zero-order valence-corrected chi connectivity index (χ0v) is 15.8. The molecule has 3 N–H and O–H groups in total. The lowest BCUT2D eigenvalue weighted by molar-refractivity contribution is 0.0995. The topological polar surface area (TPSA) is 81.4 Å². The van der Waals surface area contributed by atoms with Crippen LogP contribution >= 0.6 is 15.9 Å². The lowest BCUT2D eigenvalue weighted by Gasteiger charge is -2.13. The highest BCUT2D eigenvalue weighted by molar-refractivity contribution is 9.10. The Kier molecular flexibility index (Phi) is 6.58. The number of benzene rings is 2. The summed E-state index contributed by atoms with van der Waals surface area (Å²) in [4.78, 5) is 23.9. The van der Waals surface area contributed by atoms with Crippen LogP contribution in [-0.4, -0.2) is 18.4 Å². The minimum Gasteiger partial charge on any atom is -0.493 e. The Bertz CT molecular complexity index is 775. The first kappa shape index (κ1) is 19.0. The summed E-state index contributed by atoms with van der Waals surface area (Å²) in [7, 11) is 0. The van der Waals surface area contributed by atoms with E-state index in [2.05, 4.69) is 35.1 Å². The summed E-state index contributed by atoms with van der Waals surface area (Å²) in [6, 6.07) is 11.8. The number of amides is 2. The second-order valence-electron chi connectivity index (χ2n) is 6.07. The maximum Gasteiger partial charge on any atom is 0.259 e. The van der Waals surface area contributed by atoms with Gasteiger partial charge in [0, 0.05) is 15.7 Å². The van der Waals surface area contributed by atoms with Crippen LogP contribution in [0.3, 0.4) is 0 Å². The molecule has 0 heterocycles. The van der Waals surface area contributed by atoms with Gasteiger partial charge in [0.05, 0.1) is 12.2 Å². The molecule has 2 aromatic carbocycles. The Morgan fingerprint density at radius 1 is 1.20 bits per heavy atom. The van der Waals surface area contributed by atoms with E-state index in [4.69, 9.17) is 10.5 Å². The van der Waals surface area contributed by atoms with Crippen molar-refractivity contribution >= 4 is 33.4 Å². The molecule has 0 unspecified atom stereocenters. The molecule has 5 nitrogen and oxygen atoms in total. The zero-order valence-electron chi connectivity index (χ0n) is 14.2. The largest absolute Gasteiger partial charge is 0.493 e. The molecular weight excluding hydrogens is 384 g/mol. The van der Waals surface area contributed by atoms with Gasteiger partial charge >= 0.3 is 0 Å². The van der Waals surface area contributed by atoms with E-state index in [0.717, 1.165) is 10.9 Å². The Labute approximate surface area is 155 Å². The van der Waals surface area contributed by atoms with Crippen LogP contribution in [0, 0.1) is 5.92 Å². The molecule has 25 heavy (non-hydrogen) atoms. The number of nitrogens with one attached hydrogen (secondary N) is 1. The van der Waals surface area contributed by atoms with E-state index in [1.165, 1.54) is 6.07 Å². The monoisotopic (exact) mass is 404 g/mol. The van der Waals surface area contributed by atoms with E-state index < -0.39 is 5.91 Å². The van der Waals surface area contributed by atoms with Crippen LogP contribution in [0.4, 0.5) is 5.69 Å². The van der Waals surface area contributed by atoms with Crippen LogP contribution in [0.15, 0.2) is 46.9 Å². The van der Waals surface area contributed by atoms with Crippen molar-refractivity contribution in [1.29, 1.82) is 0 Å². The quantitative estimate of drug-likeness (QED) is 0.724. The third kappa shape index (κ3) is 5.60. The number of carbonyl (C=O) groups excluding carboxylic acids is 2. The van der Waals surface area contributed by atoms with Gasteiger partial charge in [-0.1, -0.05) is 35.8 Å². The highest BCUT2D eigenvalue weighted by Gasteiger charge is 2.14. The first-order valence-electron chi connectivity index (χ1n) is 8.00. The summed E-state index contributed by atoms with van der Waals surface area (Å²) in [6.07, 6.45) is 0.901. The van der Waals surface area contributed by atoms with Crippen molar-refractivity contribution in [2.75, 3.05) is 11.9 Å². The van der Waals surface area contributed by atoms with E-state index in [-0.39, 0.29) is 5.91 Å². The van der Waals surface area contributed by atoms with Crippen LogP contribution in [-0.2, 0) is 0 Å². The van der Waals surface area contributed by atoms with Gasteiger partial charge in [0.2, 0.25) is 5.91 Å². The Hall–Kier alpha value is -2.34. The highest BCUT2D eigenvalue weighted by atomic mass is 79.9. The van der Waals surface area contributed by atoms with Crippen LogP contribution in [0.1, 0.15) is 41.0 Å². The van der Waals surface area contributed by atoms with Crippen LogP contribution in [0.25, 0.3) is 0 Å². The number of carbonyl (C=O) groups is 2. The Morgan fingerprint density at radius 2 is 1.96 bits per heavy atom. The standard InChI is InChI=1S/C19H21BrN2O3/c1-12(2)8-9-25-17-7-6-14(20)11-16(17)19(24)22-15-5-3-4-13(10-15)18(21)23/h3-7,10-12H,8-9H2,1-2H3,(H2,21,23)(H,22,24). The summed E-state index contributed by atoms with van der Waals surface area (Å²) >= 11 is 3.38. The number of hydrogen-bond acceptors (Lipinski definition) is 3. The first-order valence-corrected chi connectivity index (χ1v) is 8.79. The molecule has 0 saturated heterocycles. The molecule has 0 aliphatic rings. The Balaban J connectivity index is 2.18. The van der Waals surface area contributed by atoms with Gasteiger partial charge in [0.15, 0.2) is 0 Å². The van der Waals surface area contributed by atoms with Gasteiger partial charge < -0.3 is 15.8 Å². The van der Waals surface area contributed by atoms with Crippen molar-refractivity contribution in [2.45, 2.75) is 20.3 Å². The van der Waals surface area contributed by atoms with Crippen molar-refractivity contribution in [2.24, 2.45) is 11.7 Å². The van der Waals surface area contributed by atoms with E-state index in [9.17, 15) is 9.59 Å². The molecule has 0 aliphatic carbocycles. The predicted molar refractivity (Wildman–Crippen MR) is 102 cm³/mol. The first-order chi connectivity index (χ1) is 11.9. The smallest absolute Gasteiger partial charge is 0.259 e. The van der Waals surface area contributed by atoms with E-state index in [1.54, 1.807) is 30.3 Å². The molecule has 2 aromatic rings. The molecule has 0 atom stereocenters. The van der Waals surface area contributed by atoms with Gasteiger partial charge in [-0.3, -0.25) is 9.59 Å². The molecular formula is C19H21BrN2O3. The van der Waals surface area contributed by atoms with Crippen molar-refractivity contribution in [3.8, 4) is 5.75 Å². The molecule has 0 bridgehead atoms.